The van der Waals surface area contributed by atoms with E-state index in [4.69, 9.17) is 32.0 Å². The second kappa shape index (κ2) is 55.7. The van der Waals surface area contributed by atoms with Crippen LogP contribution in [0.5, 0.6) is 0 Å². The number of anilines is 4. The number of nitrogen functional groups attached to an aromatic ring is 1. The van der Waals surface area contributed by atoms with Gasteiger partial charge in [-0.05, 0) is 248 Å². The average Bonchev–Trinajstić information content (AvgIpc) is 0.812. The Labute approximate surface area is 807 Å². The number of carbonyl (C=O) groups is 3. The standard InChI is InChI=1S/C22H15Br2F4N3.C21H12Br2F4N2O2.C21H16Br2F4N2.C7H3BrF2O2.C7H17N3.C7H10N2.C4H8O.CBrN/c23-15-7-19(27)17(25)5-13(15)10-30-9-12-3-1-2-4-21(12)31(22(30)29)11-14-6-18(26)20(28)8-16(14)24;22-13-7-17(26)15(24)5-11(13)20(30)28-9-10-3-1-2-4-19(10)29-21(31)12-6-16(25)18(27)8-14(12)23;22-15-7-19(26)17(24)5-13(15)10-28-9-12-3-1-2-4-21(12)29-11-14-6-18(25)20(27)8-16(14)23;8-4-2-6(10)5(9)1-3(4)7(11)12;1-4-8-9-6-5-7-10(2)3;8-5-6-3-1-2-4-7(6)9;1-2-4-5-3-1;2-1-3/h1-8,29H,9-11H2;1-8H,9H2,(H,28,30)(H,29,31);1-8,28-29H,9-11H2;1-2H,(H,11,12);4-7H2,1-3H3;1-4H,5,8-9H2;1-4H2;. The van der Waals surface area contributed by atoms with Gasteiger partial charge in [-0.15, -0.1) is 0 Å². The first-order valence-corrected chi connectivity index (χ1v) is 44.8. The van der Waals surface area contributed by atoms with Gasteiger partial charge < -0.3 is 57.3 Å². The molecule has 2 heterocycles. The van der Waals surface area contributed by atoms with Crippen LogP contribution in [0.1, 0.15) is 102 Å². The van der Waals surface area contributed by atoms with Gasteiger partial charge in [-0.25, -0.2) is 66.3 Å². The molecule has 0 aromatic heterocycles. The molecule has 130 heavy (non-hydrogen) atoms. The molecule has 40 heteroatoms. The third kappa shape index (κ3) is 34.9. The molecule has 10 N–H and O–H groups in total. The summed E-state index contributed by atoms with van der Waals surface area (Å²) in [5.74, 6) is -16.8. The van der Waals surface area contributed by atoms with Crippen LogP contribution in [0.3, 0.4) is 0 Å². The lowest BCUT2D eigenvalue weighted by Crippen LogP contribution is -2.47. The Morgan fingerprint density at radius 3 is 1.34 bits per heavy atom. The van der Waals surface area contributed by atoms with Gasteiger partial charge in [0.05, 0.1) is 36.3 Å². The van der Waals surface area contributed by atoms with Crippen molar-refractivity contribution in [2.24, 2.45) is 16.0 Å². The number of para-hydroxylation sites is 4. The van der Waals surface area contributed by atoms with Gasteiger partial charge in [0.1, 0.15) is 4.98 Å². The average molecular weight is 2330 g/mol. The number of nitrogens with two attached hydrogens (primary N) is 2. The third-order valence-electron chi connectivity index (χ3n) is 18.0. The van der Waals surface area contributed by atoms with E-state index in [2.05, 4.69) is 178 Å². The van der Waals surface area contributed by atoms with E-state index in [0.29, 0.717) is 90.2 Å². The molecule has 0 unspecified atom stereocenters. The number of nitriles is 1. The van der Waals surface area contributed by atoms with Crippen molar-refractivity contribution in [2.45, 2.75) is 78.5 Å². The van der Waals surface area contributed by atoms with Gasteiger partial charge in [0.15, 0.2) is 87.4 Å². The van der Waals surface area contributed by atoms with Gasteiger partial charge in [0, 0.05) is 129 Å². The summed E-state index contributed by atoms with van der Waals surface area (Å²) in [7, 11) is 4.13. The number of carboxylic acid groups (broad SMARTS) is 1. The van der Waals surface area contributed by atoms with Crippen LogP contribution in [0.4, 0.5) is 84.2 Å². The largest absolute Gasteiger partial charge is 0.478 e. The molecule has 1 saturated heterocycles. The van der Waals surface area contributed by atoms with Crippen LogP contribution in [0.25, 0.3) is 0 Å². The van der Waals surface area contributed by atoms with Gasteiger partial charge in [0.25, 0.3) is 11.8 Å². The fourth-order valence-electron chi connectivity index (χ4n) is 11.5. The summed E-state index contributed by atoms with van der Waals surface area (Å²) in [5.41, 5.74) is 18.6. The van der Waals surface area contributed by atoms with Crippen LogP contribution in [-0.2, 0) is 57.1 Å². The molecule has 0 spiro atoms. The minimum atomic E-state index is -1.30. The maximum absolute atomic E-state index is 13.8. The number of halogens is 22. The maximum Gasteiger partial charge on any atom is 0.336 e. The van der Waals surface area contributed by atoms with E-state index in [1.165, 1.54) is 12.8 Å². The van der Waals surface area contributed by atoms with Crippen LogP contribution in [-0.4, -0.2) is 85.6 Å². The lowest BCUT2D eigenvalue weighted by Gasteiger charge is -2.40. The first-order valence-electron chi connectivity index (χ1n) is 38.5. The summed E-state index contributed by atoms with van der Waals surface area (Å²) < 4.78 is 193. The minimum Gasteiger partial charge on any atom is -0.478 e. The first kappa shape index (κ1) is 109. The molecule has 13 rings (SSSR count). The molecule has 11 aromatic rings. The number of amides is 2. The van der Waals surface area contributed by atoms with Gasteiger partial charge >= 0.3 is 5.97 Å². The smallest absolute Gasteiger partial charge is 0.336 e. The molecule has 690 valence electrons. The highest BCUT2D eigenvalue weighted by Crippen LogP contribution is 2.35. The molecular weight excluding hydrogens is 2250 g/mol. The van der Waals surface area contributed by atoms with Crippen molar-refractivity contribution in [2.75, 3.05) is 68.2 Å². The lowest BCUT2D eigenvalue weighted by molar-refractivity contribution is 0.0694. The summed E-state index contributed by atoms with van der Waals surface area (Å²) in [5, 5.41) is 43.8. The van der Waals surface area contributed by atoms with E-state index in [9.17, 15) is 75.8 Å². The topological polar surface area (TPSA) is 263 Å². The minimum absolute atomic E-state index is 0.0221. The van der Waals surface area contributed by atoms with E-state index in [1.807, 2.05) is 79.7 Å². The van der Waals surface area contributed by atoms with Crippen LogP contribution in [0.2, 0.25) is 0 Å². The summed E-state index contributed by atoms with van der Waals surface area (Å²) in [6.45, 7) is 8.98. The number of benzene rings is 11. The van der Waals surface area contributed by atoms with Crippen LogP contribution < -0.4 is 37.6 Å². The fraction of sp³-hybridized carbons (Fsp3) is 0.211. The highest BCUT2D eigenvalue weighted by molar-refractivity contribution is 9.12. The second-order valence-corrected chi connectivity index (χ2v) is 33.9. The zero-order valence-corrected chi connectivity index (χ0v) is 81.6. The predicted octanol–water partition coefficient (Wildman–Crippen LogP) is 25.6. The van der Waals surface area contributed by atoms with Crippen LogP contribution in [0, 0.1) is 97.1 Å². The summed E-state index contributed by atoms with van der Waals surface area (Å²) in [4.78, 5) is 42.3. The zero-order valence-electron chi connectivity index (χ0n) is 68.9. The Hall–Kier alpha value is -9.51. The van der Waals surface area contributed by atoms with Crippen molar-refractivity contribution in [3.8, 4) is 4.98 Å². The number of aromatic carboxylic acids is 1. The van der Waals surface area contributed by atoms with E-state index in [-0.39, 0.29) is 55.7 Å². The quantitative estimate of drug-likeness (QED) is 0.00975. The number of ether oxygens (including phenoxy) is 1. The number of nitrogens with one attached hydrogen (secondary N) is 5. The number of hydrogen-bond donors (Lipinski definition) is 8. The highest BCUT2D eigenvalue weighted by Gasteiger charge is 2.30. The normalized spacial score (nSPS) is 11.7. The second-order valence-electron chi connectivity index (χ2n) is 27.6. The number of guanidine groups is 1. The molecule has 0 bridgehead atoms. The van der Waals surface area contributed by atoms with Crippen molar-refractivity contribution >= 4 is 174 Å². The molecule has 0 saturated carbocycles. The monoisotopic (exact) mass is 2320 g/mol. The van der Waals surface area contributed by atoms with Gasteiger partial charge in [0.2, 0.25) is 0 Å². The molecule has 2 amide bonds. The molecule has 2 aliphatic rings. The summed E-state index contributed by atoms with van der Waals surface area (Å²) in [6, 6.07) is 42.5. The van der Waals surface area contributed by atoms with E-state index >= 15 is 0 Å². The van der Waals surface area contributed by atoms with Gasteiger partial charge in [-0.1, -0.05) is 137 Å². The van der Waals surface area contributed by atoms with Crippen LogP contribution >= 0.6 is 127 Å². The maximum atomic E-state index is 13.8. The highest BCUT2D eigenvalue weighted by atomic mass is 79.9. The Bertz CT molecular complexity index is 5790. The SMILES string of the molecule is C1CCOC1.CCN=NCCCN(C)C.Fc1cc(Br)c(CNCc2ccccc2NCc2cc(F)c(F)cc2Br)cc1F.N#CBr.N=C1N(Cc2cc(F)c(F)cc2Br)Cc2ccccc2N1Cc1cc(F)c(F)cc1Br.NCc1ccccc1N.O=C(NCc1ccccc1NC(=O)c1cc(F)c(F)cc1Br)c1cc(F)c(F)cc1Br.O=C(O)c1cc(F)c(F)cc1Br. The van der Waals surface area contributed by atoms with Gasteiger partial charge in [-0.3, -0.25) is 15.0 Å². The molecule has 18 nitrogen and oxygen atoms in total. The van der Waals surface area contributed by atoms with Crippen molar-refractivity contribution in [3.63, 3.8) is 0 Å². The Balaban J connectivity index is 0.000000249. The Morgan fingerprint density at radius 1 is 0.492 bits per heavy atom. The van der Waals surface area contributed by atoms with Crippen molar-refractivity contribution in [3.05, 3.63) is 356 Å². The summed E-state index contributed by atoms with van der Waals surface area (Å²) >= 11 is 24.3. The number of carbonyl (C=O) groups excluding carboxylic acids is 2. The lowest BCUT2D eigenvalue weighted by atomic mass is 10.1. The van der Waals surface area contributed by atoms with E-state index in [0.717, 1.165) is 152 Å². The molecular formula is C90H81Br8F14N13O5. The molecule has 0 radical (unpaired) electrons. The Kier molecular flexibility index (Phi) is 46.8. The van der Waals surface area contributed by atoms with Crippen molar-refractivity contribution in [1.82, 2.24) is 20.4 Å². The number of azo groups is 1. The number of nitrogens with zero attached hydrogens (tertiary/aromatic N) is 6. The summed E-state index contributed by atoms with van der Waals surface area (Å²) in [6.07, 6.45) is 3.66. The first-order chi connectivity index (χ1) is 61.8. The molecule has 1 fully saturated rings. The van der Waals surface area contributed by atoms with Crippen molar-refractivity contribution < 1.29 is 85.7 Å². The third-order valence-corrected chi connectivity index (χ3v) is 22.9. The zero-order chi connectivity index (χ0) is 96.0. The van der Waals surface area contributed by atoms with Crippen LogP contribution in [0.15, 0.2) is 224 Å². The number of carboxylic acids is 1. The predicted molar refractivity (Wildman–Crippen MR) is 502 cm³/mol. The molecule has 0 atom stereocenters. The van der Waals surface area contributed by atoms with E-state index < -0.39 is 99.2 Å². The molecule has 0 aliphatic carbocycles. The van der Waals surface area contributed by atoms with E-state index in [1.54, 1.807) is 39.0 Å². The number of rotatable bonds is 23. The Morgan fingerprint density at radius 2 is 0.877 bits per heavy atom. The number of hydrogen-bond acceptors (Lipinski definition) is 13. The number of fused-ring (bicyclic) bond motifs is 1. The molecule has 2 aliphatic heterocycles. The fourth-order valence-corrected chi connectivity index (χ4v) is 14.7. The van der Waals surface area contributed by atoms with Gasteiger partial charge in [-0.2, -0.15) is 15.5 Å². The molecule has 11 aromatic carbocycles. The van der Waals surface area contributed by atoms with Crippen molar-refractivity contribution in [1.29, 1.82) is 10.7 Å².